The Morgan fingerprint density at radius 3 is 3.00 bits per heavy atom. The summed E-state index contributed by atoms with van der Waals surface area (Å²) >= 11 is 0. The molecule has 0 saturated carbocycles. The lowest BCUT2D eigenvalue weighted by atomic mass is 10.5. The summed E-state index contributed by atoms with van der Waals surface area (Å²) in [6, 6.07) is 0. The predicted molar refractivity (Wildman–Crippen MR) is 35.5 cm³/mol. The van der Waals surface area contributed by atoms with E-state index in [0.29, 0.717) is 6.42 Å². The average Bonchev–Trinajstić information content (AvgIpc) is 2.03. The Hall–Kier alpha value is -0.670. The van der Waals surface area contributed by atoms with Gasteiger partial charge in [-0.1, -0.05) is 0 Å². The van der Waals surface area contributed by atoms with E-state index in [9.17, 15) is 9.36 Å². The minimum atomic E-state index is -1.90. The highest BCUT2D eigenvalue weighted by atomic mass is 31.1. The number of hydrogen-bond acceptors (Lipinski definition) is 5. The molecule has 2 atom stereocenters. The molecule has 5 nitrogen and oxygen atoms in total. The van der Waals surface area contributed by atoms with Crippen LogP contribution in [0.25, 0.3) is 0 Å². The van der Waals surface area contributed by atoms with Crippen molar-refractivity contribution in [3.63, 3.8) is 0 Å². The van der Waals surface area contributed by atoms with Gasteiger partial charge in [0.25, 0.3) is 0 Å². The van der Waals surface area contributed by atoms with E-state index in [0.717, 1.165) is 0 Å². The molecule has 0 bridgehead atoms. The fourth-order valence-corrected chi connectivity index (χ4v) is 1.44. The van der Waals surface area contributed by atoms with E-state index in [1.807, 2.05) is 0 Å². The second kappa shape index (κ2) is 3.64. The van der Waals surface area contributed by atoms with Gasteiger partial charge in [0.05, 0.1) is 13.5 Å². The standard InChI is InChI=1S/C5H8O5P/c1-8-11(7)4-2-3-9-5(6)10-4/h4H,2-3H2,1H3/q+1. The van der Waals surface area contributed by atoms with E-state index >= 15 is 0 Å². The molecule has 11 heavy (non-hydrogen) atoms. The minimum Gasteiger partial charge on any atom is -0.434 e. The van der Waals surface area contributed by atoms with E-state index < -0.39 is 20.0 Å². The summed E-state index contributed by atoms with van der Waals surface area (Å²) in [6.45, 7) is 0.244. The fourth-order valence-electron chi connectivity index (χ4n) is 0.713. The van der Waals surface area contributed by atoms with Gasteiger partial charge in [-0.3, -0.25) is 0 Å². The Bertz CT molecular complexity index is 180. The zero-order valence-electron chi connectivity index (χ0n) is 5.98. The van der Waals surface area contributed by atoms with Gasteiger partial charge in [-0.2, -0.15) is 0 Å². The van der Waals surface area contributed by atoms with E-state index in [2.05, 4.69) is 14.0 Å². The van der Waals surface area contributed by atoms with Crippen LogP contribution >= 0.6 is 8.03 Å². The van der Waals surface area contributed by atoms with Crippen molar-refractivity contribution >= 4 is 14.2 Å². The van der Waals surface area contributed by atoms with Crippen LogP contribution in [0.1, 0.15) is 6.42 Å². The van der Waals surface area contributed by atoms with Crippen LogP contribution in [-0.2, 0) is 18.6 Å². The third-order valence-corrected chi connectivity index (χ3v) is 2.43. The average molecular weight is 179 g/mol. The van der Waals surface area contributed by atoms with Gasteiger partial charge in [0.2, 0.25) is 0 Å². The largest absolute Gasteiger partial charge is 0.553 e. The van der Waals surface area contributed by atoms with Crippen LogP contribution in [0.15, 0.2) is 0 Å². The quantitative estimate of drug-likeness (QED) is 0.471. The van der Waals surface area contributed by atoms with Gasteiger partial charge in [0.1, 0.15) is 6.61 Å². The van der Waals surface area contributed by atoms with Crippen molar-refractivity contribution in [2.75, 3.05) is 13.7 Å². The molecule has 0 spiro atoms. The van der Waals surface area contributed by atoms with Gasteiger partial charge >= 0.3 is 20.0 Å². The highest BCUT2D eigenvalue weighted by Crippen LogP contribution is 2.33. The molecule has 1 aliphatic heterocycles. The highest BCUT2D eigenvalue weighted by molar-refractivity contribution is 7.39. The van der Waals surface area contributed by atoms with Crippen LogP contribution < -0.4 is 0 Å². The maximum absolute atomic E-state index is 10.9. The van der Waals surface area contributed by atoms with Crippen LogP contribution in [0.2, 0.25) is 0 Å². The molecular formula is C5H8O5P+. The van der Waals surface area contributed by atoms with Crippen molar-refractivity contribution in [1.29, 1.82) is 0 Å². The Balaban J connectivity index is 2.45. The summed E-state index contributed by atoms with van der Waals surface area (Å²) in [5, 5.41) is 0. The number of hydrogen-bond donors (Lipinski definition) is 0. The van der Waals surface area contributed by atoms with Gasteiger partial charge in [0, 0.05) is 0 Å². The molecular weight excluding hydrogens is 171 g/mol. The third kappa shape index (κ3) is 2.13. The third-order valence-electron chi connectivity index (χ3n) is 1.23. The Morgan fingerprint density at radius 2 is 2.45 bits per heavy atom. The molecule has 0 amide bonds. The lowest BCUT2D eigenvalue weighted by molar-refractivity contribution is 0.00203. The Morgan fingerprint density at radius 1 is 1.73 bits per heavy atom. The second-order valence-corrected chi connectivity index (χ2v) is 3.44. The summed E-state index contributed by atoms with van der Waals surface area (Å²) in [5.41, 5.74) is 0. The minimum absolute atomic E-state index is 0.244. The lowest BCUT2D eigenvalue weighted by Gasteiger charge is -2.13. The summed E-state index contributed by atoms with van der Waals surface area (Å²) < 4.78 is 24.4. The molecule has 0 N–H and O–H groups in total. The SMILES string of the molecule is CO[P+](=O)C1CCOC(=O)O1. The first-order valence-electron chi connectivity index (χ1n) is 3.08. The molecule has 1 rings (SSSR count). The van der Waals surface area contributed by atoms with Gasteiger partial charge in [-0.15, -0.1) is 4.52 Å². The topological polar surface area (TPSA) is 61.8 Å². The van der Waals surface area contributed by atoms with Crippen LogP contribution in [-0.4, -0.2) is 25.7 Å². The summed E-state index contributed by atoms with van der Waals surface area (Å²) in [7, 11) is -0.589. The molecule has 0 aromatic carbocycles. The number of ether oxygens (including phenoxy) is 2. The number of rotatable bonds is 2. The Labute approximate surface area is 64.5 Å². The first kappa shape index (κ1) is 8.43. The molecule has 1 saturated heterocycles. The zero-order chi connectivity index (χ0) is 8.27. The lowest BCUT2D eigenvalue weighted by Crippen LogP contribution is -2.24. The molecule has 0 aromatic heterocycles. The zero-order valence-corrected chi connectivity index (χ0v) is 6.87. The smallest absolute Gasteiger partial charge is 0.434 e. The van der Waals surface area contributed by atoms with Gasteiger partial charge in [-0.25, -0.2) is 4.79 Å². The molecule has 1 heterocycles. The van der Waals surface area contributed by atoms with Gasteiger partial charge in [0.15, 0.2) is 0 Å². The number of carbonyl (C=O) groups is 1. The Kier molecular flexibility index (Phi) is 2.79. The van der Waals surface area contributed by atoms with Crippen LogP contribution in [0.4, 0.5) is 4.79 Å². The molecule has 6 heteroatoms. The van der Waals surface area contributed by atoms with Crippen LogP contribution in [0.3, 0.4) is 0 Å². The maximum Gasteiger partial charge on any atom is 0.553 e. The molecule has 1 fully saturated rings. The van der Waals surface area contributed by atoms with E-state index in [1.165, 1.54) is 7.11 Å². The van der Waals surface area contributed by atoms with Crippen molar-refractivity contribution < 1.29 is 23.4 Å². The first-order valence-corrected chi connectivity index (χ1v) is 4.32. The van der Waals surface area contributed by atoms with Crippen molar-refractivity contribution in [2.45, 2.75) is 12.3 Å². The van der Waals surface area contributed by atoms with E-state index in [1.54, 1.807) is 0 Å². The second-order valence-electron chi connectivity index (χ2n) is 1.93. The van der Waals surface area contributed by atoms with Crippen molar-refractivity contribution in [3.05, 3.63) is 0 Å². The predicted octanol–water partition coefficient (Wildman–Crippen LogP) is 1.26. The fraction of sp³-hybridized carbons (Fsp3) is 0.800. The van der Waals surface area contributed by atoms with Crippen molar-refractivity contribution in [3.8, 4) is 0 Å². The normalized spacial score (nSPS) is 25.4. The number of cyclic esters (lactones) is 2. The summed E-state index contributed by atoms with van der Waals surface area (Å²) in [6.07, 6.45) is -0.351. The van der Waals surface area contributed by atoms with Crippen molar-refractivity contribution in [2.24, 2.45) is 0 Å². The molecule has 1 aliphatic rings. The molecule has 0 aromatic rings. The molecule has 62 valence electrons. The summed E-state index contributed by atoms with van der Waals surface area (Å²) in [4.78, 5) is 10.5. The monoisotopic (exact) mass is 179 g/mol. The van der Waals surface area contributed by atoms with E-state index in [4.69, 9.17) is 0 Å². The van der Waals surface area contributed by atoms with Crippen molar-refractivity contribution in [1.82, 2.24) is 0 Å². The van der Waals surface area contributed by atoms with Gasteiger partial charge < -0.3 is 9.47 Å². The molecule has 0 radical (unpaired) electrons. The van der Waals surface area contributed by atoms with Gasteiger partial charge in [-0.05, 0) is 4.57 Å². The summed E-state index contributed by atoms with van der Waals surface area (Å²) in [5.74, 6) is -0.642. The molecule has 0 aliphatic carbocycles. The highest BCUT2D eigenvalue weighted by Gasteiger charge is 2.38. The number of carbonyl (C=O) groups excluding carboxylic acids is 1. The first-order chi connectivity index (χ1) is 5.24. The van der Waals surface area contributed by atoms with E-state index in [-0.39, 0.29) is 6.61 Å². The van der Waals surface area contributed by atoms with Crippen LogP contribution in [0.5, 0.6) is 0 Å². The molecule has 2 unspecified atom stereocenters. The maximum atomic E-state index is 10.9. The van der Waals surface area contributed by atoms with Crippen LogP contribution in [0, 0.1) is 0 Å².